The number of likely N-dealkylation sites (N-methyl/N-ethyl adjacent to an activating group) is 1. The quantitative estimate of drug-likeness (QED) is 0.700. The lowest BCUT2D eigenvalue weighted by molar-refractivity contribution is 0.229. The molecule has 2 saturated carbocycles. The molecule has 2 amide bonds. The number of amides is 2. The first-order valence-corrected chi connectivity index (χ1v) is 12.1. The highest BCUT2D eigenvalue weighted by Crippen LogP contribution is 2.47. The van der Waals surface area contributed by atoms with Gasteiger partial charge in [0.25, 0.3) is 0 Å². The summed E-state index contributed by atoms with van der Waals surface area (Å²) >= 11 is 0. The van der Waals surface area contributed by atoms with Crippen molar-refractivity contribution in [2.45, 2.75) is 76.9 Å². The Morgan fingerprint density at radius 2 is 1.97 bits per heavy atom. The average Bonchev–Trinajstić information content (AvgIpc) is 3.28. The lowest BCUT2D eigenvalue weighted by atomic mass is 9.89. The van der Waals surface area contributed by atoms with Gasteiger partial charge in [-0.05, 0) is 43.6 Å². The smallest absolute Gasteiger partial charge is 0.325 e. The summed E-state index contributed by atoms with van der Waals surface area (Å²) in [7, 11) is 1.85. The summed E-state index contributed by atoms with van der Waals surface area (Å²) < 4.78 is 2.26. The third-order valence-corrected chi connectivity index (χ3v) is 7.40. The van der Waals surface area contributed by atoms with Gasteiger partial charge in [0.15, 0.2) is 0 Å². The molecule has 1 aliphatic heterocycles. The molecule has 3 aliphatic rings. The number of nitrogens with one attached hydrogen (secondary N) is 1. The van der Waals surface area contributed by atoms with Crippen molar-refractivity contribution in [3.8, 4) is 0 Å². The Morgan fingerprint density at radius 1 is 1.19 bits per heavy atom. The molecule has 0 radical (unpaired) electrons. The highest BCUT2D eigenvalue weighted by Gasteiger charge is 2.47. The Kier molecular flexibility index (Phi) is 5.55. The highest BCUT2D eigenvalue weighted by atomic mass is 16.2. The summed E-state index contributed by atoms with van der Waals surface area (Å²) in [4.78, 5) is 30.3. The monoisotopic (exact) mass is 437 g/mol. The van der Waals surface area contributed by atoms with Gasteiger partial charge in [0.2, 0.25) is 5.95 Å². The molecule has 5 rings (SSSR count). The Balaban J connectivity index is 1.31. The lowest BCUT2D eigenvalue weighted by Crippen LogP contribution is -2.38. The number of hydrogen-bond donors (Lipinski definition) is 1. The highest BCUT2D eigenvalue weighted by molar-refractivity contribution is 5.94. The minimum absolute atomic E-state index is 0.00376. The molecule has 2 aliphatic carbocycles. The van der Waals surface area contributed by atoms with E-state index in [1.165, 1.54) is 32.1 Å². The van der Waals surface area contributed by atoms with E-state index >= 15 is 0 Å². The van der Waals surface area contributed by atoms with Crippen LogP contribution in [-0.2, 0) is 12.1 Å². The molecule has 0 bridgehead atoms. The number of imidazole rings is 1. The SMILES string of the molecule is CC(C)[C@H]1CN(C)C(=O)N1c1ccnc(NC2(c3cn(CC4CCCCC4)cn3)CC2)n1. The third kappa shape index (κ3) is 4.07. The zero-order valence-corrected chi connectivity index (χ0v) is 19.5. The predicted molar refractivity (Wildman–Crippen MR) is 124 cm³/mol. The second-order valence-corrected chi connectivity index (χ2v) is 10.2. The van der Waals surface area contributed by atoms with Gasteiger partial charge in [0.05, 0.1) is 23.6 Å². The van der Waals surface area contributed by atoms with Gasteiger partial charge in [0, 0.05) is 32.5 Å². The number of anilines is 2. The van der Waals surface area contributed by atoms with Gasteiger partial charge in [0.1, 0.15) is 5.82 Å². The van der Waals surface area contributed by atoms with E-state index in [-0.39, 0.29) is 17.6 Å². The van der Waals surface area contributed by atoms with E-state index in [9.17, 15) is 4.79 Å². The molecule has 0 spiro atoms. The summed E-state index contributed by atoms with van der Waals surface area (Å²) in [6, 6.07) is 1.94. The van der Waals surface area contributed by atoms with Gasteiger partial charge in [-0.1, -0.05) is 33.1 Å². The Hall–Kier alpha value is -2.64. The van der Waals surface area contributed by atoms with E-state index in [0.29, 0.717) is 24.2 Å². The van der Waals surface area contributed by atoms with Gasteiger partial charge in [-0.3, -0.25) is 4.90 Å². The van der Waals surface area contributed by atoms with Gasteiger partial charge in [-0.2, -0.15) is 4.98 Å². The topological polar surface area (TPSA) is 79.2 Å². The van der Waals surface area contributed by atoms with E-state index in [4.69, 9.17) is 9.97 Å². The fourth-order valence-corrected chi connectivity index (χ4v) is 5.25. The lowest BCUT2D eigenvalue weighted by Gasteiger charge is -2.25. The molecule has 0 unspecified atom stereocenters. The van der Waals surface area contributed by atoms with Gasteiger partial charge < -0.3 is 14.8 Å². The first-order valence-electron chi connectivity index (χ1n) is 12.1. The van der Waals surface area contributed by atoms with Crippen molar-refractivity contribution >= 4 is 17.8 Å². The molecule has 3 fully saturated rings. The van der Waals surface area contributed by atoms with Crippen LogP contribution in [0.1, 0.15) is 64.5 Å². The van der Waals surface area contributed by atoms with Gasteiger partial charge in [-0.25, -0.2) is 14.8 Å². The van der Waals surface area contributed by atoms with Crippen LogP contribution in [0.5, 0.6) is 0 Å². The van der Waals surface area contributed by atoms with Crippen molar-refractivity contribution in [2.75, 3.05) is 23.8 Å². The Bertz CT molecular complexity index is 961. The van der Waals surface area contributed by atoms with Crippen molar-refractivity contribution in [1.29, 1.82) is 0 Å². The van der Waals surface area contributed by atoms with Gasteiger partial charge >= 0.3 is 6.03 Å². The van der Waals surface area contributed by atoms with Crippen LogP contribution in [0.2, 0.25) is 0 Å². The molecule has 8 nitrogen and oxygen atoms in total. The molecule has 32 heavy (non-hydrogen) atoms. The summed E-state index contributed by atoms with van der Waals surface area (Å²) in [5.41, 5.74) is 0.874. The first-order chi connectivity index (χ1) is 15.4. The van der Waals surface area contributed by atoms with Crippen LogP contribution in [0.4, 0.5) is 16.6 Å². The standard InChI is InChI=1S/C24H35N7O/c1-17(2)19-14-29(3)23(32)31(19)21-9-12-25-22(27-21)28-24(10-11-24)20-15-30(16-26-20)13-18-7-5-4-6-8-18/h9,12,15-19H,4-8,10-11,13-14H2,1-3H3,(H,25,27,28)/t19-/m1/s1. The van der Waals surface area contributed by atoms with Crippen LogP contribution in [-0.4, -0.2) is 50.1 Å². The summed E-state index contributed by atoms with van der Waals surface area (Å²) in [5, 5.41) is 3.55. The van der Waals surface area contributed by atoms with Crippen molar-refractivity contribution in [3.05, 3.63) is 30.5 Å². The van der Waals surface area contributed by atoms with Crippen LogP contribution in [0.15, 0.2) is 24.8 Å². The predicted octanol–water partition coefficient (Wildman–Crippen LogP) is 4.25. The van der Waals surface area contributed by atoms with Crippen LogP contribution in [0, 0.1) is 11.8 Å². The Morgan fingerprint density at radius 3 is 2.69 bits per heavy atom. The number of rotatable bonds is 7. The normalized spacial score (nSPS) is 23.2. The summed E-state index contributed by atoms with van der Waals surface area (Å²) in [6.45, 7) is 6.07. The molecule has 1 saturated heterocycles. The van der Waals surface area contributed by atoms with Crippen molar-refractivity contribution in [2.24, 2.45) is 11.8 Å². The van der Waals surface area contributed by atoms with E-state index < -0.39 is 0 Å². The minimum atomic E-state index is -0.195. The molecule has 2 aromatic heterocycles. The van der Waals surface area contributed by atoms with Gasteiger partial charge in [-0.15, -0.1) is 0 Å². The zero-order chi connectivity index (χ0) is 22.3. The largest absolute Gasteiger partial charge is 0.343 e. The van der Waals surface area contributed by atoms with Crippen LogP contribution < -0.4 is 10.2 Å². The molecular formula is C24H35N7O. The fourth-order valence-electron chi connectivity index (χ4n) is 5.25. The molecule has 3 heterocycles. The van der Waals surface area contributed by atoms with E-state index in [2.05, 4.69) is 34.9 Å². The molecule has 0 aromatic carbocycles. The number of carbonyl (C=O) groups is 1. The maximum atomic E-state index is 12.8. The molecule has 8 heteroatoms. The molecule has 172 valence electrons. The Labute approximate surface area is 190 Å². The van der Waals surface area contributed by atoms with Crippen molar-refractivity contribution in [3.63, 3.8) is 0 Å². The second-order valence-electron chi connectivity index (χ2n) is 10.2. The van der Waals surface area contributed by atoms with Crippen molar-refractivity contribution in [1.82, 2.24) is 24.4 Å². The van der Waals surface area contributed by atoms with E-state index in [0.717, 1.165) is 31.0 Å². The second kappa shape index (κ2) is 8.37. The van der Waals surface area contributed by atoms with E-state index in [1.54, 1.807) is 11.1 Å². The maximum Gasteiger partial charge on any atom is 0.325 e. The fraction of sp³-hybridized carbons (Fsp3) is 0.667. The summed E-state index contributed by atoms with van der Waals surface area (Å²) in [6.07, 6.45) is 14.7. The molecule has 1 atom stereocenters. The van der Waals surface area contributed by atoms with Crippen molar-refractivity contribution < 1.29 is 4.79 Å². The number of aromatic nitrogens is 4. The molecule has 1 N–H and O–H groups in total. The number of carbonyl (C=O) groups excluding carboxylic acids is 1. The summed E-state index contributed by atoms with van der Waals surface area (Å²) in [5.74, 6) is 2.35. The van der Waals surface area contributed by atoms with Crippen LogP contribution in [0.25, 0.3) is 0 Å². The van der Waals surface area contributed by atoms with E-state index in [1.807, 2.05) is 24.3 Å². The molecule has 2 aromatic rings. The van der Waals surface area contributed by atoms with Crippen LogP contribution >= 0.6 is 0 Å². The number of urea groups is 1. The average molecular weight is 438 g/mol. The number of nitrogens with zero attached hydrogens (tertiary/aromatic N) is 6. The van der Waals surface area contributed by atoms with Crippen LogP contribution in [0.3, 0.4) is 0 Å². The first kappa shape index (κ1) is 21.2. The molecular weight excluding hydrogens is 402 g/mol. The number of hydrogen-bond acceptors (Lipinski definition) is 5. The third-order valence-electron chi connectivity index (χ3n) is 7.40. The maximum absolute atomic E-state index is 12.8. The zero-order valence-electron chi connectivity index (χ0n) is 19.5. The minimum Gasteiger partial charge on any atom is -0.343 e.